The Morgan fingerprint density at radius 1 is 0.510 bits per heavy atom. The molecule has 1 aliphatic rings. The van der Waals surface area contributed by atoms with E-state index >= 15 is 0 Å². The molecule has 7 aromatic carbocycles. The number of hydrogen-bond acceptors (Lipinski definition) is 5. The molecule has 240 valence electrons. The second-order valence-corrected chi connectivity index (χ2v) is 19.4. The summed E-state index contributed by atoms with van der Waals surface area (Å²) in [4.78, 5) is 16.0. The van der Waals surface area contributed by atoms with Gasteiger partial charge >= 0.3 is 0 Å². The molecule has 0 radical (unpaired) electrons. The van der Waals surface area contributed by atoms with Gasteiger partial charge in [0, 0.05) is 53.2 Å². The SMILES string of the molecule is C[Si]1(C)c2ccccc2-c2c1cc(-c1nc(-c3ccc4ccccc4c3)nc(-c3cccc4sc5ccccc5c34)n1)c1c2oc2ccccc21. The molecule has 0 amide bonds. The highest BCUT2D eigenvalue weighted by Gasteiger charge is 2.40. The fraction of sp³-hybridized carbons (Fsp3) is 0.0444. The highest BCUT2D eigenvalue weighted by Crippen LogP contribution is 2.44. The molecule has 4 nitrogen and oxygen atoms in total. The van der Waals surface area contributed by atoms with Gasteiger partial charge in [-0.25, -0.2) is 15.0 Å². The first kappa shape index (κ1) is 28.8. The van der Waals surface area contributed by atoms with Crippen molar-refractivity contribution in [1.29, 1.82) is 0 Å². The van der Waals surface area contributed by atoms with Crippen LogP contribution in [0.5, 0.6) is 0 Å². The molecular formula is C45H29N3OSSi. The molecule has 0 spiro atoms. The molecule has 51 heavy (non-hydrogen) atoms. The lowest BCUT2D eigenvalue weighted by Gasteiger charge is -2.19. The van der Waals surface area contributed by atoms with E-state index in [0.717, 1.165) is 44.0 Å². The van der Waals surface area contributed by atoms with Crippen molar-refractivity contribution in [3.05, 3.63) is 140 Å². The van der Waals surface area contributed by atoms with Crippen molar-refractivity contribution in [1.82, 2.24) is 15.0 Å². The third-order valence-electron chi connectivity index (χ3n) is 10.7. The van der Waals surface area contributed by atoms with Gasteiger partial charge in [0.15, 0.2) is 17.5 Å². The second-order valence-electron chi connectivity index (χ2n) is 14.0. The van der Waals surface area contributed by atoms with E-state index in [1.165, 1.54) is 47.1 Å². The zero-order chi connectivity index (χ0) is 33.8. The number of fused-ring (bicyclic) bond motifs is 11. The number of rotatable bonds is 3. The molecule has 6 heteroatoms. The molecule has 11 rings (SSSR count). The quantitative estimate of drug-likeness (QED) is 0.174. The summed E-state index contributed by atoms with van der Waals surface area (Å²) >= 11 is 1.81. The molecule has 4 heterocycles. The van der Waals surface area contributed by atoms with Crippen LogP contribution in [0, 0.1) is 0 Å². The highest BCUT2D eigenvalue weighted by molar-refractivity contribution is 7.25. The third kappa shape index (κ3) is 4.15. The Hall–Kier alpha value is -5.95. The first-order valence-corrected chi connectivity index (χ1v) is 21.1. The normalized spacial score (nSPS) is 13.5. The summed E-state index contributed by atoms with van der Waals surface area (Å²) in [6.45, 7) is 4.88. The van der Waals surface area contributed by atoms with Gasteiger partial charge < -0.3 is 4.42 Å². The Kier molecular flexibility index (Phi) is 5.95. The summed E-state index contributed by atoms with van der Waals surface area (Å²) in [6, 6.07) is 49.6. The number of furan rings is 1. The van der Waals surface area contributed by atoms with Gasteiger partial charge in [-0.15, -0.1) is 11.3 Å². The number of thiophene rings is 1. The minimum absolute atomic E-state index is 0.651. The van der Waals surface area contributed by atoms with Crippen molar-refractivity contribution in [3.63, 3.8) is 0 Å². The lowest BCUT2D eigenvalue weighted by Crippen LogP contribution is -2.49. The van der Waals surface area contributed by atoms with E-state index in [1.807, 2.05) is 6.07 Å². The molecule has 0 atom stereocenters. The van der Waals surface area contributed by atoms with E-state index in [-0.39, 0.29) is 0 Å². The Bertz CT molecular complexity index is 3080. The van der Waals surface area contributed by atoms with Gasteiger partial charge in [0.25, 0.3) is 0 Å². The van der Waals surface area contributed by atoms with E-state index in [0.29, 0.717) is 17.5 Å². The summed E-state index contributed by atoms with van der Waals surface area (Å²) in [5, 5.41) is 9.62. The first-order valence-electron chi connectivity index (χ1n) is 17.3. The molecule has 3 aromatic heterocycles. The maximum Gasteiger partial charge on any atom is 0.164 e. The predicted octanol–water partition coefficient (Wildman–Crippen LogP) is 11.1. The molecule has 0 fully saturated rings. The maximum atomic E-state index is 6.83. The van der Waals surface area contributed by atoms with Crippen LogP contribution in [0.25, 0.3) is 98.2 Å². The van der Waals surface area contributed by atoms with Gasteiger partial charge in [-0.05, 0) is 57.0 Å². The van der Waals surface area contributed by atoms with E-state index < -0.39 is 8.07 Å². The minimum atomic E-state index is -2.09. The number of nitrogens with zero attached hydrogens (tertiary/aromatic N) is 3. The Balaban J connectivity index is 1.26. The van der Waals surface area contributed by atoms with Crippen molar-refractivity contribution >= 4 is 82.7 Å². The number of hydrogen-bond donors (Lipinski definition) is 0. The summed E-state index contributed by atoms with van der Waals surface area (Å²) in [5.41, 5.74) is 7.22. The summed E-state index contributed by atoms with van der Waals surface area (Å²) in [7, 11) is -2.09. The van der Waals surface area contributed by atoms with Crippen molar-refractivity contribution in [2.24, 2.45) is 0 Å². The Morgan fingerprint density at radius 3 is 2.10 bits per heavy atom. The maximum absolute atomic E-state index is 6.83. The molecular weight excluding hydrogens is 659 g/mol. The zero-order valence-electron chi connectivity index (χ0n) is 27.9. The molecule has 1 aliphatic heterocycles. The van der Waals surface area contributed by atoms with Crippen LogP contribution in [-0.4, -0.2) is 23.0 Å². The van der Waals surface area contributed by atoms with Crippen LogP contribution in [0.2, 0.25) is 13.1 Å². The first-order chi connectivity index (χ1) is 25.0. The lowest BCUT2D eigenvalue weighted by atomic mass is 9.98. The van der Waals surface area contributed by atoms with Crippen molar-refractivity contribution < 1.29 is 4.42 Å². The second kappa shape index (κ2) is 10.5. The van der Waals surface area contributed by atoms with Crippen molar-refractivity contribution in [2.45, 2.75) is 13.1 Å². The summed E-state index contributed by atoms with van der Waals surface area (Å²) in [6.07, 6.45) is 0. The third-order valence-corrected chi connectivity index (χ3v) is 15.4. The lowest BCUT2D eigenvalue weighted by molar-refractivity contribution is 0.670. The molecule has 0 aliphatic carbocycles. The van der Waals surface area contributed by atoms with Crippen LogP contribution < -0.4 is 10.4 Å². The fourth-order valence-corrected chi connectivity index (χ4v) is 12.5. The van der Waals surface area contributed by atoms with E-state index in [4.69, 9.17) is 19.4 Å². The largest absolute Gasteiger partial charge is 0.455 e. The van der Waals surface area contributed by atoms with Gasteiger partial charge in [0.1, 0.15) is 19.2 Å². The summed E-state index contributed by atoms with van der Waals surface area (Å²) in [5.74, 6) is 1.97. The smallest absolute Gasteiger partial charge is 0.164 e. The molecule has 10 aromatic rings. The predicted molar refractivity (Wildman–Crippen MR) is 216 cm³/mol. The van der Waals surface area contributed by atoms with Crippen LogP contribution >= 0.6 is 11.3 Å². The van der Waals surface area contributed by atoms with Crippen LogP contribution in [-0.2, 0) is 0 Å². The molecule has 0 saturated carbocycles. The van der Waals surface area contributed by atoms with E-state index in [2.05, 4.69) is 147 Å². The van der Waals surface area contributed by atoms with E-state index in [1.54, 1.807) is 11.3 Å². The highest BCUT2D eigenvalue weighted by atomic mass is 32.1. The summed E-state index contributed by atoms with van der Waals surface area (Å²) < 4.78 is 9.30. The molecule has 0 saturated heterocycles. The minimum Gasteiger partial charge on any atom is -0.455 e. The van der Waals surface area contributed by atoms with Crippen LogP contribution in [0.1, 0.15) is 0 Å². The molecule has 0 unspecified atom stereocenters. The number of para-hydroxylation sites is 1. The fourth-order valence-electron chi connectivity index (χ4n) is 8.26. The number of benzene rings is 7. The number of aromatic nitrogens is 3. The van der Waals surface area contributed by atoms with Crippen LogP contribution in [0.15, 0.2) is 144 Å². The van der Waals surface area contributed by atoms with Crippen molar-refractivity contribution in [3.8, 4) is 45.3 Å². The molecule has 0 bridgehead atoms. The van der Waals surface area contributed by atoms with Gasteiger partial charge in [-0.3, -0.25) is 0 Å². The van der Waals surface area contributed by atoms with Gasteiger partial charge in [0.05, 0.1) is 0 Å². The average Bonchev–Trinajstić information content (AvgIpc) is 3.82. The van der Waals surface area contributed by atoms with Gasteiger partial charge in [0.2, 0.25) is 0 Å². The topological polar surface area (TPSA) is 51.8 Å². The average molecular weight is 688 g/mol. The van der Waals surface area contributed by atoms with Gasteiger partial charge in [-0.2, -0.15) is 0 Å². The zero-order valence-corrected chi connectivity index (χ0v) is 29.8. The van der Waals surface area contributed by atoms with Crippen LogP contribution in [0.3, 0.4) is 0 Å². The monoisotopic (exact) mass is 687 g/mol. The van der Waals surface area contributed by atoms with Gasteiger partial charge in [-0.1, -0.05) is 122 Å². The Morgan fingerprint density at radius 2 is 1.20 bits per heavy atom. The van der Waals surface area contributed by atoms with E-state index in [9.17, 15) is 0 Å². The standard InChI is InChI=1S/C45H29N3OSSi/c1-51(2)37-21-10-7-16-31(37)41-38(51)25-33(40-29-14-5-8-18-34(29)49-42(40)41)45-47-43(28-23-22-26-12-3-4-13-27(26)24-28)46-44(48-45)32-17-11-20-36-39(32)30-15-6-9-19-35(30)50-36/h3-25H,1-2H3. The Labute approximate surface area is 298 Å². The van der Waals surface area contributed by atoms with Crippen LogP contribution in [0.4, 0.5) is 0 Å². The molecule has 0 N–H and O–H groups in total. The van der Waals surface area contributed by atoms with Crippen molar-refractivity contribution in [2.75, 3.05) is 0 Å².